The molecule has 2 rings (SSSR count). The van der Waals surface area contributed by atoms with Gasteiger partial charge in [-0.25, -0.2) is 13.1 Å². The average Bonchev–Trinajstić information content (AvgIpc) is 2.76. The van der Waals surface area contributed by atoms with Gasteiger partial charge in [-0.05, 0) is 45.0 Å². The summed E-state index contributed by atoms with van der Waals surface area (Å²) in [4.78, 5) is 13.7. The highest BCUT2D eigenvalue weighted by atomic mass is 32.2. The van der Waals surface area contributed by atoms with Gasteiger partial charge in [0.25, 0.3) is 0 Å². The topological polar surface area (TPSA) is 66.5 Å². The number of rotatable bonds is 6. The molecule has 1 fully saturated rings. The molecule has 1 heterocycles. The van der Waals surface area contributed by atoms with E-state index in [9.17, 15) is 13.2 Å². The monoisotopic (exact) mass is 324 g/mol. The van der Waals surface area contributed by atoms with Crippen LogP contribution in [0.2, 0.25) is 0 Å². The standard InChI is InChI=1S/C16H24N2O3S/c1-14(19)15-6-8-16(9-7-15)22(20,21)17-10-13-18-11-4-2-3-5-12-18/h6-9,17H,2-5,10-13H2,1H3. The van der Waals surface area contributed by atoms with Gasteiger partial charge in [0.2, 0.25) is 10.0 Å². The number of carbonyl (C=O) groups excluding carboxylic acids is 1. The molecule has 0 aliphatic carbocycles. The summed E-state index contributed by atoms with van der Waals surface area (Å²) >= 11 is 0. The van der Waals surface area contributed by atoms with Crippen molar-refractivity contribution in [1.82, 2.24) is 9.62 Å². The molecule has 0 saturated carbocycles. The maximum absolute atomic E-state index is 12.2. The van der Waals surface area contributed by atoms with Gasteiger partial charge in [0.15, 0.2) is 5.78 Å². The number of carbonyl (C=O) groups is 1. The molecule has 1 aliphatic heterocycles. The molecule has 0 atom stereocenters. The van der Waals surface area contributed by atoms with Crippen molar-refractivity contribution in [2.45, 2.75) is 37.5 Å². The molecule has 1 N–H and O–H groups in total. The minimum absolute atomic E-state index is 0.0712. The smallest absolute Gasteiger partial charge is 0.240 e. The Morgan fingerprint density at radius 1 is 1.09 bits per heavy atom. The van der Waals surface area contributed by atoms with E-state index in [0.717, 1.165) is 19.6 Å². The number of sulfonamides is 1. The van der Waals surface area contributed by atoms with Gasteiger partial charge in [0.1, 0.15) is 0 Å². The number of benzene rings is 1. The fraction of sp³-hybridized carbons (Fsp3) is 0.562. The molecule has 22 heavy (non-hydrogen) atoms. The predicted octanol–water partition coefficient (Wildman–Crippen LogP) is 2.04. The Balaban J connectivity index is 1.88. The van der Waals surface area contributed by atoms with Crippen LogP contribution in [0.5, 0.6) is 0 Å². The van der Waals surface area contributed by atoms with Gasteiger partial charge in [0, 0.05) is 18.7 Å². The second kappa shape index (κ2) is 7.85. The minimum atomic E-state index is -3.50. The van der Waals surface area contributed by atoms with Gasteiger partial charge in [-0.15, -0.1) is 0 Å². The number of likely N-dealkylation sites (tertiary alicyclic amines) is 1. The molecule has 1 aliphatic rings. The third kappa shape index (κ3) is 4.90. The van der Waals surface area contributed by atoms with E-state index in [4.69, 9.17) is 0 Å². The van der Waals surface area contributed by atoms with Gasteiger partial charge in [-0.3, -0.25) is 4.79 Å². The zero-order chi connectivity index (χ0) is 16.0. The lowest BCUT2D eigenvalue weighted by Crippen LogP contribution is -2.35. The number of ketones is 1. The lowest BCUT2D eigenvalue weighted by Gasteiger charge is -2.19. The molecule has 122 valence electrons. The van der Waals surface area contributed by atoms with Crippen LogP contribution in [0.1, 0.15) is 43.0 Å². The van der Waals surface area contributed by atoms with Crippen LogP contribution in [0, 0.1) is 0 Å². The molecule has 6 heteroatoms. The Kier molecular flexibility index (Phi) is 6.11. The van der Waals surface area contributed by atoms with Crippen molar-refractivity contribution < 1.29 is 13.2 Å². The number of Topliss-reactive ketones (excluding diaryl/α,β-unsaturated/α-hetero) is 1. The highest BCUT2D eigenvalue weighted by molar-refractivity contribution is 7.89. The molecule has 1 aromatic carbocycles. The van der Waals surface area contributed by atoms with Crippen molar-refractivity contribution in [2.24, 2.45) is 0 Å². The van der Waals surface area contributed by atoms with Crippen LogP contribution < -0.4 is 4.72 Å². The zero-order valence-corrected chi connectivity index (χ0v) is 13.9. The SMILES string of the molecule is CC(=O)c1ccc(S(=O)(=O)NCCN2CCCCCC2)cc1. The number of hydrogen-bond acceptors (Lipinski definition) is 4. The van der Waals surface area contributed by atoms with Crippen molar-refractivity contribution >= 4 is 15.8 Å². The average molecular weight is 324 g/mol. The van der Waals surface area contributed by atoms with E-state index in [-0.39, 0.29) is 10.7 Å². The molecule has 0 aromatic heterocycles. The molecule has 1 saturated heterocycles. The number of hydrogen-bond donors (Lipinski definition) is 1. The third-order valence-corrected chi connectivity index (χ3v) is 5.47. The third-order valence-electron chi connectivity index (χ3n) is 3.99. The Morgan fingerprint density at radius 2 is 1.68 bits per heavy atom. The van der Waals surface area contributed by atoms with Crippen LogP contribution in [0.3, 0.4) is 0 Å². The summed E-state index contributed by atoms with van der Waals surface area (Å²) in [6.07, 6.45) is 4.92. The molecule has 5 nitrogen and oxygen atoms in total. The highest BCUT2D eigenvalue weighted by Crippen LogP contribution is 2.12. The molecule has 0 unspecified atom stereocenters. The fourth-order valence-corrected chi connectivity index (χ4v) is 3.67. The maximum Gasteiger partial charge on any atom is 0.240 e. The Morgan fingerprint density at radius 3 is 2.23 bits per heavy atom. The van der Waals surface area contributed by atoms with Crippen LogP contribution in [0.15, 0.2) is 29.2 Å². The van der Waals surface area contributed by atoms with Crippen molar-refractivity contribution in [2.75, 3.05) is 26.2 Å². The molecular weight excluding hydrogens is 300 g/mol. The van der Waals surface area contributed by atoms with E-state index >= 15 is 0 Å². The maximum atomic E-state index is 12.2. The van der Waals surface area contributed by atoms with Crippen LogP contribution in [-0.4, -0.2) is 45.3 Å². The summed E-state index contributed by atoms with van der Waals surface area (Å²) in [5.74, 6) is -0.0712. The highest BCUT2D eigenvalue weighted by Gasteiger charge is 2.15. The predicted molar refractivity (Wildman–Crippen MR) is 86.5 cm³/mol. The quantitative estimate of drug-likeness (QED) is 0.813. The number of nitrogens with one attached hydrogen (secondary N) is 1. The van der Waals surface area contributed by atoms with Crippen LogP contribution in [0.25, 0.3) is 0 Å². The number of nitrogens with zero attached hydrogens (tertiary/aromatic N) is 1. The van der Waals surface area contributed by atoms with Gasteiger partial charge >= 0.3 is 0 Å². The van der Waals surface area contributed by atoms with Gasteiger partial charge in [-0.1, -0.05) is 25.0 Å². The van der Waals surface area contributed by atoms with Crippen molar-refractivity contribution in [1.29, 1.82) is 0 Å². The molecule has 1 aromatic rings. The van der Waals surface area contributed by atoms with Gasteiger partial charge < -0.3 is 4.90 Å². The second-order valence-corrected chi connectivity index (χ2v) is 7.50. The lowest BCUT2D eigenvalue weighted by atomic mass is 10.2. The van der Waals surface area contributed by atoms with E-state index in [1.54, 1.807) is 12.1 Å². The Hall–Kier alpha value is -1.24. The normalized spacial score (nSPS) is 17.1. The molecular formula is C16H24N2O3S. The fourth-order valence-electron chi connectivity index (χ4n) is 2.65. The summed E-state index contributed by atoms with van der Waals surface area (Å²) in [6.45, 7) is 4.72. The van der Waals surface area contributed by atoms with E-state index in [1.807, 2.05) is 0 Å². The first-order valence-corrected chi connectivity index (χ1v) is 9.30. The first-order chi connectivity index (χ1) is 10.5. The van der Waals surface area contributed by atoms with Gasteiger partial charge in [0.05, 0.1) is 4.90 Å². The van der Waals surface area contributed by atoms with Gasteiger partial charge in [-0.2, -0.15) is 0 Å². The van der Waals surface area contributed by atoms with Crippen LogP contribution in [-0.2, 0) is 10.0 Å². The van der Waals surface area contributed by atoms with E-state index in [2.05, 4.69) is 9.62 Å². The molecule has 0 bridgehead atoms. The summed E-state index contributed by atoms with van der Waals surface area (Å²) in [6, 6.07) is 6.05. The van der Waals surface area contributed by atoms with Crippen molar-refractivity contribution in [3.05, 3.63) is 29.8 Å². The van der Waals surface area contributed by atoms with Crippen LogP contribution in [0.4, 0.5) is 0 Å². The van der Waals surface area contributed by atoms with E-state index < -0.39 is 10.0 Å². The molecule has 0 spiro atoms. The first-order valence-electron chi connectivity index (χ1n) is 7.82. The zero-order valence-electron chi connectivity index (χ0n) is 13.0. The minimum Gasteiger partial charge on any atom is -0.302 e. The van der Waals surface area contributed by atoms with Crippen molar-refractivity contribution in [3.63, 3.8) is 0 Å². The summed E-state index contributed by atoms with van der Waals surface area (Å²) in [5, 5.41) is 0. The summed E-state index contributed by atoms with van der Waals surface area (Å²) in [7, 11) is -3.50. The first kappa shape index (κ1) is 17.1. The summed E-state index contributed by atoms with van der Waals surface area (Å²) in [5.41, 5.74) is 0.517. The second-order valence-electron chi connectivity index (χ2n) is 5.73. The van der Waals surface area contributed by atoms with E-state index in [1.165, 1.54) is 44.7 Å². The molecule has 0 amide bonds. The van der Waals surface area contributed by atoms with Crippen LogP contribution >= 0.6 is 0 Å². The lowest BCUT2D eigenvalue weighted by molar-refractivity contribution is 0.101. The van der Waals surface area contributed by atoms with E-state index in [0.29, 0.717) is 12.1 Å². The Bertz CT molecular complexity index is 588. The molecule has 0 radical (unpaired) electrons. The summed E-state index contributed by atoms with van der Waals surface area (Å²) < 4.78 is 27.1. The van der Waals surface area contributed by atoms with Crippen molar-refractivity contribution in [3.8, 4) is 0 Å². The largest absolute Gasteiger partial charge is 0.302 e. The Labute approximate surface area is 132 Å².